The first-order chi connectivity index (χ1) is 7.95. The maximum Gasteiger partial charge on any atom is 0.233 e. The van der Waals surface area contributed by atoms with E-state index in [9.17, 15) is 9.18 Å². The Morgan fingerprint density at radius 1 is 1.50 bits per heavy atom. The standard InChI is InChI=1S/C13H17FN2O.ClH/c1-13(2,8-15)12(17)16-6-5-9-3-4-10(14)7-11(9)16;/h3-4,7H,5-6,8,15H2,1-2H3;1H. The molecule has 1 aromatic carbocycles. The molecule has 0 bridgehead atoms. The lowest BCUT2D eigenvalue weighted by Gasteiger charge is -2.28. The first-order valence-corrected chi connectivity index (χ1v) is 5.76. The minimum atomic E-state index is -0.603. The molecule has 0 unspecified atom stereocenters. The predicted molar refractivity (Wildman–Crippen MR) is 72.5 cm³/mol. The monoisotopic (exact) mass is 272 g/mol. The number of benzene rings is 1. The van der Waals surface area contributed by atoms with Crippen molar-refractivity contribution in [1.82, 2.24) is 0 Å². The number of hydrogen-bond acceptors (Lipinski definition) is 2. The molecule has 100 valence electrons. The summed E-state index contributed by atoms with van der Waals surface area (Å²) in [5, 5.41) is 0. The Kier molecular flexibility index (Phi) is 4.35. The Bertz CT molecular complexity index is 462. The van der Waals surface area contributed by atoms with Gasteiger partial charge in [-0.3, -0.25) is 4.79 Å². The smallest absolute Gasteiger partial charge is 0.233 e. The summed E-state index contributed by atoms with van der Waals surface area (Å²) >= 11 is 0. The van der Waals surface area contributed by atoms with Gasteiger partial charge in [0.05, 0.1) is 5.41 Å². The number of anilines is 1. The van der Waals surface area contributed by atoms with Crippen LogP contribution >= 0.6 is 12.4 Å². The van der Waals surface area contributed by atoms with E-state index in [-0.39, 0.29) is 30.7 Å². The van der Waals surface area contributed by atoms with E-state index in [1.165, 1.54) is 12.1 Å². The van der Waals surface area contributed by atoms with Crippen LogP contribution in [-0.2, 0) is 11.2 Å². The summed E-state index contributed by atoms with van der Waals surface area (Å²) < 4.78 is 13.2. The molecule has 1 aliphatic heterocycles. The molecule has 0 spiro atoms. The average Bonchev–Trinajstić information content (AvgIpc) is 2.70. The summed E-state index contributed by atoms with van der Waals surface area (Å²) in [6.07, 6.45) is 0.780. The van der Waals surface area contributed by atoms with Gasteiger partial charge in [0, 0.05) is 18.8 Å². The summed E-state index contributed by atoms with van der Waals surface area (Å²) in [4.78, 5) is 13.9. The second-order valence-corrected chi connectivity index (χ2v) is 5.07. The summed E-state index contributed by atoms with van der Waals surface area (Å²) in [7, 11) is 0. The van der Waals surface area contributed by atoms with Crippen molar-refractivity contribution in [1.29, 1.82) is 0 Å². The van der Waals surface area contributed by atoms with Crippen molar-refractivity contribution in [2.45, 2.75) is 20.3 Å². The second-order valence-electron chi connectivity index (χ2n) is 5.07. The topological polar surface area (TPSA) is 46.3 Å². The van der Waals surface area contributed by atoms with Crippen LogP contribution in [0.4, 0.5) is 10.1 Å². The molecular weight excluding hydrogens is 255 g/mol. The minimum absolute atomic E-state index is 0. The van der Waals surface area contributed by atoms with Gasteiger partial charge in [-0.05, 0) is 38.0 Å². The number of hydrogen-bond donors (Lipinski definition) is 1. The molecule has 1 amide bonds. The SMILES string of the molecule is CC(C)(CN)C(=O)N1CCc2ccc(F)cc21.Cl. The minimum Gasteiger partial charge on any atom is -0.329 e. The number of halogens is 2. The van der Waals surface area contributed by atoms with Crippen LogP contribution < -0.4 is 10.6 Å². The van der Waals surface area contributed by atoms with Gasteiger partial charge in [-0.15, -0.1) is 12.4 Å². The molecule has 5 heteroatoms. The van der Waals surface area contributed by atoms with Gasteiger partial charge in [-0.2, -0.15) is 0 Å². The molecule has 0 aromatic heterocycles. The first kappa shape index (κ1) is 14.9. The quantitative estimate of drug-likeness (QED) is 0.896. The number of carbonyl (C=O) groups is 1. The van der Waals surface area contributed by atoms with E-state index in [0.29, 0.717) is 12.2 Å². The van der Waals surface area contributed by atoms with Crippen molar-refractivity contribution in [3.8, 4) is 0 Å². The van der Waals surface area contributed by atoms with Crippen LogP contribution in [0.3, 0.4) is 0 Å². The Morgan fingerprint density at radius 2 is 2.17 bits per heavy atom. The van der Waals surface area contributed by atoms with Crippen molar-refractivity contribution in [3.05, 3.63) is 29.6 Å². The van der Waals surface area contributed by atoms with Crippen LogP contribution in [0.2, 0.25) is 0 Å². The Hall–Kier alpha value is -1.13. The normalized spacial score (nSPS) is 14.1. The highest BCUT2D eigenvalue weighted by Gasteiger charge is 2.34. The predicted octanol–water partition coefficient (Wildman–Crippen LogP) is 2.12. The maximum atomic E-state index is 13.2. The highest BCUT2D eigenvalue weighted by molar-refractivity contribution is 5.99. The van der Waals surface area contributed by atoms with Gasteiger partial charge in [-0.25, -0.2) is 4.39 Å². The molecule has 0 atom stereocenters. The van der Waals surface area contributed by atoms with E-state index in [0.717, 1.165) is 12.0 Å². The number of nitrogens with zero attached hydrogens (tertiary/aromatic N) is 1. The van der Waals surface area contributed by atoms with Crippen LogP contribution in [0.5, 0.6) is 0 Å². The van der Waals surface area contributed by atoms with E-state index < -0.39 is 5.41 Å². The van der Waals surface area contributed by atoms with E-state index >= 15 is 0 Å². The van der Waals surface area contributed by atoms with Crippen molar-refractivity contribution in [2.24, 2.45) is 11.1 Å². The largest absolute Gasteiger partial charge is 0.329 e. The highest BCUT2D eigenvalue weighted by atomic mass is 35.5. The van der Waals surface area contributed by atoms with Crippen LogP contribution in [0, 0.1) is 11.2 Å². The summed E-state index contributed by atoms with van der Waals surface area (Å²) in [5.41, 5.74) is 6.71. The molecule has 1 heterocycles. The van der Waals surface area contributed by atoms with Crippen LogP contribution in [0.1, 0.15) is 19.4 Å². The second kappa shape index (κ2) is 5.24. The fourth-order valence-electron chi connectivity index (χ4n) is 2.02. The zero-order valence-corrected chi connectivity index (χ0v) is 11.4. The zero-order chi connectivity index (χ0) is 12.6. The lowest BCUT2D eigenvalue weighted by Crippen LogP contribution is -2.44. The number of rotatable bonds is 2. The van der Waals surface area contributed by atoms with E-state index in [1.807, 2.05) is 13.8 Å². The average molecular weight is 273 g/mol. The molecule has 0 fully saturated rings. The third-order valence-corrected chi connectivity index (χ3v) is 3.28. The molecule has 2 N–H and O–H groups in total. The summed E-state index contributed by atoms with van der Waals surface area (Å²) in [6, 6.07) is 4.60. The molecule has 0 aliphatic carbocycles. The van der Waals surface area contributed by atoms with E-state index in [1.54, 1.807) is 11.0 Å². The fourth-order valence-corrected chi connectivity index (χ4v) is 2.02. The molecular formula is C13H18ClFN2O. The van der Waals surface area contributed by atoms with Crippen molar-refractivity contribution < 1.29 is 9.18 Å². The number of nitrogens with two attached hydrogens (primary N) is 1. The van der Waals surface area contributed by atoms with Crippen molar-refractivity contribution in [2.75, 3.05) is 18.0 Å². The van der Waals surface area contributed by atoms with Crippen LogP contribution in [0.25, 0.3) is 0 Å². The summed E-state index contributed by atoms with van der Waals surface area (Å²) in [6.45, 7) is 4.52. The van der Waals surface area contributed by atoms with Gasteiger partial charge in [0.15, 0.2) is 0 Å². The molecule has 2 rings (SSSR count). The Balaban J connectivity index is 0.00000162. The van der Waals surface area contributed by atoms with Gasteiger partial charge >= 0.3 is 0 Å². The van der Waals surface area contributed by atoms with E-state index in [4.69, 9.17) is 5.73 Å². The zero-order valence-electron chi connectivity index (χ0n) is 10.6. The van der Waals surface area contributed by atoms with Gasteiger partial charge in [0.1, 0.15) is 5.82 Å². The van der Waals surface area contributed by atoms with Crippen molar-refractivity contribution >= 4 is 24.0 Å². The fraction of sp³-hybridized carbons (Fsp3) is 0.462. The van der Waals surface area contributed by atoms with Gasteiger partial charge in [-0.1, -0.05) is 6.07 Å². The lowest BCUT2D eigenvalue weighted by molar-refractivity contribution is -0.126. The van der Waals surface area contributed by atoms with Crippen LogP contribution in [-0.4, -0.2) is 19.0 Å². The number of fused-ring (bicyclic) bond motifs is 1. The third kappa shape index (κ3) is 2.49. The molecule has 0 saturated carbocycles. The molecule has 0 radical (unpaired) electrons. The summed E-state index contributed by atoms with van der Waals surface area (Å²) in [5.74, 6) is -0.349. The molecule has 18 heavy (non-hydrogen) atoms. The van der Waals surface area contributed by atoms with Gasteiger partial charge in [0.25, 0.3) is 0 Å². The molecule has 3 nitrogen and oxygen atoms in total. The Morgan fingerprint density at radius 3 is 2.78 bits per heavy atom. The van der Waals surface area contributed by atoms with Crippen LogP contribution in [0.15, 0.2) is 18.2 Å². The lowest BCUT2D eigenvalue weighted by atomic mass is 9.92. The third-order valence-electron chi connectivity index (χ3n) is 3.28. The highest BCUT2D eigenvalue weighted by Crippen LogP contribution is 2.32. The first-order valence-electron chi connectivity index (χ1n) is 5.76. The maximum absolute atomic E-state index is 13.2. The Labute approximate surface area is 113 Å². The number of amides is 1. The molecule has 1 aliphatic rings. The number of carbonyl (C=O) groups excluding carboxylic acids is 1. The molecule has 1 aromatic rings. The van der Waals surface area contributed by atoms with E-state index in [2.05, 4.69) is 0 Å². The van der Waals surface area contributed by atoms with Crippen molar-refractivity contribution in [3.63, 3.8) is 0 Å². The van der Waals surface area contributed by atoms with Gasteiger partial charge in [0.2, 0.25) is 5.91 Å². The molecule has 0 saturated heterocycles. The van der Waals surface area contributed by atoms with Gasteiger partial charge < -0.3 is 10.6 Å².